The Kier molecular flexibility index (Phi) is 12.6. The normalized spacial score (nSPS) is 11.6. The van der Waals surface area contributed by atoms with Crippen molar-refractivity contribution in [2.24, 2.45) is 0 Å². The Bertz CT molecular complexity index is 433. The van der Waals surface area contributed by atoms with Crippen LogP contribution in [0.15, 0.2) is 42.5 Å². The van der Waals surface area contributed by atoms with Crippen molar-refractivity contribution in [3.8, 4) is 0 Å². The van der Waals surface area contributed by atoms with Gasteiger partial charge >= 0.3 is 161 Å². The quantitative estimate of drug-likeness (QED) is 0.197. The molecule has 0 aliphatic rings. The number of rotatable bonds is 15. The Morgan fingerprint density at radius 2 is 1.40 bits per heavy atom. The second kappa shape index (κ2) is 13.9. The fourth-order valence-electron chi connectivity index (χ4n) is 3.76. The second-order valence-electron chi connectivity index (χ2n) is 7.72. The number of ether oxygens (including phenoxy) is 1. The van der Waals surface area contributed by atoms with Crippen LogP contribution in [0.2, 0.25) is 17.7 Å². The molecule has 1 aromatic rings. The van der Waals surface area contributed by atoms with Crippen molar-refractivity contribution >= 4 is 18.4 Å². The summed E-state index contributed by atoms with van der Waals surface area (Å²) in [6.07, 6.45) is 8.32. The zero-order valence-electron chi connectivity index (χ0n) is 17.0. The summed E-state index contributed by atoms with van der Waals surface area (Å²) in [5, 5.41) is 0. The molecule has 0 bridgehead atoms. The molecule has 0 unspecified atom stereocenters. The Morgan fingerprint density at radius 1 is 0.880 bits per heavy atom. The molecule has 0 saturated heterocycles. The molecule has 0 saturated carbocycles. The molecule has 25 heavy (non-hydrogen) atoms. The van der Waals surface area contributed by atoms with Crippen LogP contribution in [0.3, 0.4) is 0 Å². The molecule has 1 aromatic carbocycles. The third-order valence-electron chi connectivity index (χ3n) is 5.22. The summed E-state index contributed by atoms with van der Waals surface area (Å²) < 4.78 is 12.0. The van der Waals surface area contributed by atoms with E-state index in [0.29, 0.717) is 6.61 Å². The topological polar surface area (TPSA) is 9.23 Å². The van der Waals surface area contributed by atoms with E-state index in [1.54, 1.807) is 13.3 Å². The summed E-state index contributed by atoms with van der Waals surface area (Å²) in [4.78, 5) is 0. The van der Waals surface area contributed by atoms with Gasteiger partial charge in [-0.05, 0) is 0 Å². The standard InChI is InChI=1S/C11H13O.3C4H9.Sn/c1-10(2)8-12-9-11-6-4-3-5-7-11;3*1-3-4-2;/h3-7H,1-2,8-9H2;3*1,3-4H2,2H3;. The Hall–Kier alpha value is -0.281. The first-order chi connectivity index (χ1) is 12.2. The van der Waals surface area contributed by atoms with Gasteiger partial charge in [-0.3, -0.25) is 0 Å². The van der Waals surface area contributed by atoms with E-state index in [1.807, 2.05) is 0 Å². The van der Waals surface area contributed by atoms with E-state index in [0.717, 1.165) is 6.61 Å². The van der Waals surface area contributed by atoms with Gasteiger partial charge in [-0.15, -0.1) is 0 Å². The van der Waals surface area contributed by atoms with Crippen molar-refractivity contribution in [3.05, 3.63) is 48.0 Å². The van der Waals surface area contributed by atoms with Gasteiger partial charge in [0, 0.05) is 0 Å². The van der Waals surface area contributed by atoms with Gasteiger partial charge in [0.05, 0.1) is 0 Å². The molecule has 0 spiro atoms. The Morgan fingerprint density at radius 3 is 1.88 bits per heavy atom. The van der Waals surface area contributed by atoms with Gasteiger partial charge < -0.3 is 0 Å². The van der Waals surface area contributed by atoms with Crippen molar-refractivity contribution < 1.29 is 4.74 Å². The van der Waals surface area contributed by atoms with Crippen LogP contribution in [0.5, 0.6) is 0 Å². The second-order valence-corrected chi connectivity index (χ2v) is 21.6. The monoisotopic (exact) mass is 452 g/mol. The van der Waals surface area contributed by atoms with Crippen LogP contribution in [0.4, 0.5) is 0 Å². The summed E-state index contributed by atoms with van der Waals surface area (Å²) in [5.74, 6) is 0. The third-order valence-corrected chi connectivity index (χ3v) is 20.9. The fourth-order valence-corrected chi connectivity index (χ4v) is 20.2. The molecule has 0 fully saturated rings. The fraction of sp³-hybridized carbons (Fsp3) is 0.652. The Labute approximate surface area is 161 Å². The summed E-state index contributed by atoms with van der Waals surface area (Å²) in [7, 11) is 0. The van der Waals surface area contributed by atoms with Crippen molar-refractivity contribution in [2.75, 3.05) is 6.61 Å². The average molecular weight is 451 g/mol. The van der Waals surface area contributed by atoms with Crippen LogP contribution >= 0.6 is 0 Å². The van der Waals surface area contributed by atoms with E-state index in [4.69, 9.17) is 4.74 Å². The molecular weight excluding hydrogens is 411 g/mol. The zero-order valence-corrected chi connectivity index (χ0v) is 19.8. The van der Waals surface area contributed by atoms with Crippen molar-refractivity contribution in [2.45, 2.75) is 83.6 Å². The maximum absolute atomic E-state index is 5.97. The molecule has 142 valence electrons. The number of unbranched alkanes of at least 4 members (excludes halogenated alkanes) is 3. The molecule has 0 N–H and O–H groups in total. The molecular formula is C23H40OSn. The van der Waals surface area contributed by atoms with Gasteiger partial charge in [-0.1, -0.05) is 0 Å². The van der Waals surface area contributed by atoms with E-state index in [1.165, 1.54) is 54.1 Å². The minimum absolute atomic E-state index is 0.710. The predicted molar refractivity (Wildman–Crippen MR) is 115 cm³/mol. The van der Waals surface area contributed by atoms with Gasteiger partial charge in [-0.2, -0.15) is 0 Å². The first kappa shape index (κ1) is 22.8. The van der Waals surface area contributed by atoms with Crippen LogP contribution in [-0.4, -0.2) is 25.0 Å². The van der Waals surface area contributed by atoms with Gasteiger partial charge in [-0.25, -0.2) is 0 Å². The maximum atomic E-state index is 5.97. The summed E-state index contributed by atoms with van der Waals surface area (Å²) in [5.41, 5.74) is 2.63. The SMILES string of the molecule is C=C(COCc1ccccc1)[CH2][Sn]([CH2]CCC)([CH2]CCC)[CH2]CCC. The number of hydrogen-bond acceptors (Lipinski definition) is 1. The summed E-state index contributed by atoms with van der Waals surface area (Å²) >= 11 is -2.09. The van der Waals surface area contributed by atoms with Crippen LogP contribution in [0.1, 0.15) is 64.9 Å². The van der Waals surface area contributed by atoms with Crippen molar-refractivity contribution in [1.29, 1.82) is 0 Å². The molecule has 0 atom stereocenters. The van der Waals surface area contributed by atoms with E-state index >= 15 is 0 Å². The molecule has 1 nitrogen and oxygen atoms in total. The molecule has 0 aliphatic heterocycles. The Balaban J connectivity index is 2.57. The molecule has 1 rings (SSSR count). The molecule has 0 aromatic heterocycles. The van der Waals surface area contributed by atoms with E-state index in [-0.39, 0.29) is 0 Å². The molecule has 0 heterocycles. The molecule has 0 radical (unpaired) electrons. The van der Waals surface area contributed by atoms with Gasteiger partial charge in [0.1, 0.15) is 0 Å². The minimum atomic E-state index is -2.09. The summed E-state index contributed by atoms with van der Waals surface area (Å²) in [6.45, 7) is 12.9. The third kappa shape index (κ3) is 9.84. The predicted octanol–water partition coefficient (Wildman–Crippen LogP) is 7.61. The summed E-state index contributed by atoms with van der Waals surface area (Å²) in [6, 6.07) is 10.5. The first-order valence-electron chi connectivity index (χ1n) is 10.4. The van der Waals surface area contributed by atoms with Crippen LogP contribution < -0.4 is 0 Å². The van der Waals surface area contributed by atoms with E-state index in [2.05, 4.69) is 57.7 Å². The van der Waals surface area contributed by atoms with Crippen LogP contribution in [0.25, 0.3) is 0 Å². The molecule has 0 aliphatic carbocycles. The van der Waals surface area contributed by atoms with E-state index < -0.39 is 18.4 Å². The number of benzene rings is 1. The molecule has 0 amide bonds. The van der Waals surface area contributed by atoms with Crippen LogP contribution in [0, 0.1) is 0 Å². The van der Waals surface area contributed by atoms with Crippen molar-refractivity contribution in [1.82, 2.24) is 0 Å². The zero-order chi connectivity index (χ0) is 18.4. The first-order valence-corrected chi connectivity index (χ1v) is 18.5. The van der Waals surface area contributed by atoms with Crippen molar-refractivity contribution in [3.63, 3.8) is 0 Å². The van der Waals surface area contributed by atoms with E-state index in [9.17, 15) is 0 Å². The number of hydrogen-bond donors (Lipinski definition) is 0. The average Bonchev–Trinajstić information content (AvgIpc) is 2.63. The van der Waals surface area contributed by atoms with Gasteiger partial charge in [0.2, 0.25) is 0 Å². The van der Waals surface area contributed by atoms with Gasteiger partial charge in [0.15, 0.2) is 0 Å². The molecule has 2 heteroatoms. The van der Waals surface area contributed by atoms with Crippen LogP contribution in [-0.2, 0) is 11.3 Å². The van der Waals surface area contributed by atoms with Gasteiger partial charge in [0.25, 0.3) is 0 Å².